The van der Waals surface area contributed by atoms with E-state index in [9.17, 15) is 38.4 Å². The van der Waals surface area contributed by atoms with Gasteiger partial charge in [0, 0.05) is 0 Å². The first-order chi connectivity index (χ1) is 43.8. The third-order valence-electron chi connectivity index (χ3n) is 7.46. The number of aromatic nitrogens is 4. The van der Waals surface area contributed by atoms with Crippen LogP contribution in [0.3, 0.4) is 0 Å². The fourth-order valence-corrected chi connectivity index (χ4v) is 4.34. The summed E-state index contributed by atoms with van der Waals surface area (Å²) in [6.07, 6.45) is -4.02. The van der Waals surface area contributed by atoms with Crippen LogP contribution in [0, 0.1) is 0 Å². The molecule has 0 amide bonds. The fraction of sp³-hybridized carbons (Fsp3) is 0.451. The van der Waals surface area contributed by atoms with Crippen LogP contribution in [0.1, 0.15) is 66.3 Å². The van der Waals surface area contributed by atoms with Gasteiger partial charge in [0.05, 0.1) is 135 Å². The predicted molar refractivity (Wildman–Crippen MR) is 306 cm³/mol. The van der Waals surface area contributed by atoms with Crippen molar-refractivity contribution in [2.45, 2.75) is 90.4 Å². The monoisotopic (exact) mass is 1480 g/mol. The average molecular weight is 1490 g/mol. The number of nitrogens with zero attached hydrogens (tertiary/aromatic N) is 4. The number of rotatable bonds is 22. The van der Waals surface area contributed by atoms with Crippen molar-refractivity contribution < 1.29 is 201 Å². The van der Waals surface area contributed by atoms with E-state index in [1.54, 1.807) is 93.6 Å². The van der Waals surface area contributed by atoms with Crippen molar-refractivity contribution in [1.82, 2.24) is 19.9 Å². The summed E-state index contributed by atoms with van der Waals surface area (Å²) >= 11 is -1.00. The summed E-state index contributed by atoms with van der Waals surface area (Å²) in [5.74, 6) is -7.85. The number of aliphatic carboxylic acids is 8. The van der Waals surface area contributed by atoms with Crippen LogP contribution in [0.2, 0.25) is 0 Å². The zero-order valence-electron chi connectivity index (χ0n) is 50.3. The SMILES string of the molecule is CC[NH-].CC[NH-].CC[NH-].O=C(O)Cc1cccc(CC(=O)O)n1.O=C(O)Cc1cccc(CC(=O)O)n1.O=C(O)Cc1cccc(CC(=O)O)n1.O=C(O)Cc1cccc(CC(=O)O)n1.[NH-]CC(O)CO.[NH-]CC(O)CO.[NH-]CC(O)CO.[O]=[V+2].[O]=[V+2].[O]=[V][OH].[O]=[V][OH]. The molecule has 0 spiro atoms. The van der Waals surface area contributed by atoms with E-state index < -0.39 is 99.2 Å². The second kappa shape index (κ2) is 83.3. The van der Waals surface area contributed by atoms with Gasteiger partial charge < -0.3 is 106 Å². The Morgan fingerprint density at radius 2 is 0.441 bits per heavy atom. The Morgan fingerprint density at radius 1 is 0.344 bits per heavy atom. The first-order valence-corrected chi connectivity index (χ1v) is 28.9. The first-order valence-electron chi connectivity index (χ1n) is 25.4. The molecule has 93 heavy (non-hydrogen) atoms. The number of carboxylic acids is 8. The summed E-state index contributed by atoms with van der Waals surface area (Å²) in [7, 11) is 0. The normalized spacial score (nSPS) is 9.65. The van der Waals surface area contributed by atoms with Crippen LogP contribution >= 0.6 is 0 Å². The second-order valence-electron chi connectivity index (χ2n) is 15.4. The molecule has 0 bridgehead atoms. The third-order valence-corrected chi connectivity index (χ3v) is 7.46. The van der Waals surface area contributed by atoms with Gasteiger partial charge in [-0.25, -0.2) is 0 Å². The summed E-state index contributed by atoms with van der Waals surface area (Å²) in [6, 6.07) is 18.8. The van der Waals surface area contributed by atoms with Crippen molar-refractivity contribution in [2.75, 3.05) is 59.1 Å². The zero-order chi connectivity index (χ0) is 74.7. The molecule has 0 saturated heterocycles. The molecule has 0 aliphatic rings. The van der Waals surface area contributed by atoms with Crippen molar-refractivity contribution in [3.8, 4) is 0 Å². The first kappa shape index (κ1) is 108. The molecule has 22 N–H and O–H groups in total. The molecule has 4 aromatic rings. The van der Waals surface area contributed by atoms with Gasteiger partial charge in [0.1, 0.15) is 0 Å². The van der Waals surface area contributed by atoms with Crippen LogP contribution in [0.25, 0.3) is 34.4 Å². The Labute approximate surface area is 567 Å². The summed E-state index contributed by atoms with van der Waals surface area (Å²) < 4.78 is 47.8. The number of hydrogen-bond acceptors (Lipinski definition) is 22. The van der Waals surface area contributed by atoms with Gasteiger partial charge in [-0.2, -0.15) is 19.6 Å². The van der Waals surface area contributed by atoms with Crippen molar-refractivity contribution in [2.24, 2.45) is 0 Å². The zero-order valence-corrected chi connectivity index (χ0v) is 55.9. The number of nitrogens with one attached hydrogen (secondary N) is 6. The van der Waals surface area contributed by atoms with Gasteiger partial charge in [-0.3, -0.25) is 58.3 Å². The number of hydrogen-bond donors (Lipinski definition) is 16. The maximum atomic E-state index is 10.3. The van der Waals surface area contributed by atoms with E-state index >= 15 is 0 Å². The van der Waals surface area contributed by atoms with Crippen molar-refractivity contribution >= 4 is 47.8 Å². The molecule has 42 heteroatoms. The van der Waals surface area contributed by atoms with Crippen LogP contribution in [-0.2, 0) is 172 Å². The van der Waals surface area contributed by atoms with Crippen LogP contribution in [-0.4, -0.2) is 225 Å². The minimum absolute atomic E-state index is 0.115. The Morgan fingerprint density at radius 3 is 0.495 bits per heavy atom. The molecule has 0 aliphatic heterocycles. The van der Waals surface area contributed by atoms with Crippen LogP contribution < -0.4 is 0 Å². The molecule has 38 nitrogen and oxygen atoms in total. The van der Waals surface area contributed by atoms with Crippen LogP contribution in [0.5, 0.6) is 0 Å². The van der Waals surface area contributed by atoms with E-state index in [0.29, 0.717) is 65.2 Å². The molecule has 0 fully saturated rings. The standard InChI is InChI=1S/4C9H9NO4.3C3H8NO2.3C2H6N.2H2O.4O.4V/c4*11-8(12)4-6-2-1-3-7(10-6)5-9(13)14;3*4-1-3(6)2-5;3*1-2-3;;;;;;;;;;/h4*1-3H,4-5H2,(H,11,12)(H,13,14);3*3-6H,1-2H2;3*3H,2H2,1H3;2*1H2;;;;;;;;/q;;;;6*-1;;;;;;;2*+1;2*+2/p-2. The average Bonchev–Trinajstić information content (AvgIpc) is 1.99. The third kappa shape index (κ3) is 99.1. The predicted octanol–water partition coefficient (Wildman–Crippen LogP) is 1.09. The molecular formula is C51H80N10O28V4-2. The Bertz CT molecular complexity index is 2080. The molecule has 0 aliphatic carbocycles. The summed E-state index contributed by atoms with van der Waals surface area (Å²) in [5.41, 5.74) is 40.8. The van der Waals surface area contributed by atoms with Crippen LogP contribution in [0.15, 0.2) is 72.8 Å². The van der Waals surface area contributed by atoms with Gasteiger partial charge >= 0.3 is 138 Å². The van der Waals surface area contributed by atoms with Crippen molar-refractivity contribution in [3.05, 3.63) is 153 Å². The minimum atomic E-state index is -1.56. The Kier molecular flexibility index (Phi) is 96.7. The molecule has 4 aromatic heterocycles. The molecule has 3 atom stereocenters. The van der Waals surface area contributed by atoms with E-state index in [1.807, 2.05) is 0 Å². The van der Waals surface area contributed by atoms with Gasteiger partial charge in [-0.1, -0.05) is 45.0 Å². The fourth-order valence-electron chi connectivity index (χ4n) is 4.34. The molecule has 524 valence electrons. The van der Waals surface area contributed by atoms with Gasteiger partial charge in [-0.15, -0.1) is 19.6 Å². The number of carbonyl (C=O) groups is 8. The molecule has 4 heterocycles. The maximum absolute atomic E-state index is 10.3. The Balaban J connectivity index is -0.000000105. The van der Waals surface area contributed by atoms with Crippen LogP contribution in [0.4, 0.5) is 0 Å². The van der Waals surface area contributed by atoms with Crippen molar-refractivity contribution in [1.29, 1.82) is 0 Å². The van der Waals surface area contributed by atoms with Gasteiger partial charge in [0.25, 0.3) is 0 Å². The van der Waals surface area contributed by atoms with Gasteiger partial charge in [0.15, 0.2) is 0 Å². The summed E-state index contributed by atoms with van der Waals surface area (Å²) in [5, 5.41) is 116. The number of carboxylic acid groups (broad SMARTS) is 8. The molecular weight excluding hydrogens is 1400 g/mol. The van der Waals surface area contributed by atoms with E-state index in [4.69, 9.17) is 129 Å². The quantitative estimate of drug-likeness (QED) is 0.0524. The van der Waals surface area contributed by atoms with Gasteiger partial charge in [0.2, 0.25) is 0 Å². The topological polar surface area (TPSA) is 723 Å². The number of pyridine rings is 4. The van der Waals surface area contributed by atoms with E-state index in [0.717, 1.165) is 34.7 Å². The van der Waals surface area contributed by atoms with Crippen molar-refractivity contribution in [3.63, 3.8) is 0 Å². The number of aliphatic hydroxyl groups excluding tert-OH is 6. The molecule has 4 rings (SSSR count). The second-order valence-corrected chi connectivity index (χ2v) is 15.9. The van der Waals surface area contributed by atoms with E-state index in [2.05, 4.69) is 19.9 Å². The van der Waals surface area contributed by atoms with Gasteiger partial charge in [-0.05, 0) is 48.5 Å². The summed E-state index contributed by atoms with van der Waals surface area (Å²) in [4.78, 5) is 98.3. The van der Waals surface area contributed by atoms with E-state index in [1.165, 1.54) is 0 Å². The molecule has 0 saturated carbocycles. The van der Waals surface area contributed by atoms with E-state index in [-0.39, 0.29) is 90.8 Å². The molecule has 0 radical (unpaired) electrons. The molecule has 0 aromatic carbocycles. The summed E-state index contributed by atoms with van der Waals surface area (Å²) in [6.45, 7) is 5.63. The number of aliphatic hydroxyl groups is 6. The molecule has 3 unspecified atom stereocenters. The Hall–Kier alpha value is -6.66.